The minimum atomic E-state index is -0.0164. The molecule has 2 rings (SSSR count). The highest BCUT2D eigenvalue weighted by molar-refractivity contribution is 7.99. The molecule has 1 aromatic rings. The highest BCUT2D eigenvalue weighted by atomic mass is 32.2. The summed E-state index contributed by atoms with van der Waals surface area (Å²) in [4.78, 5) is 18.4. The van der Waals surface area contributed by atoms with Gasteiger partial charge < -0.3 is 23.5 Å². The van der Waals surface area contributed by atoms with Crippen LogP contribution in [0.4, 0.5) is 0 Å². The summed E-state index contributed by atoms with van der Waals surface area (Å²) < 4.78 is 23.4. The summed E-state index contributed by atoms with van der Waals surface area (Å²) in [5, 5.41) is 0. The molecular formula is C39H75N3O5S. The molecule has 0 radical (unpaired) electrons. The molecule has 1 aromatic heterocycles. The van der Waals surface area contributed by atoms with Crippen molar-refractivity contribution in [2.75, 3.05) is 58.6 Å². The summed E-state index contributed by atoms with van der Waals surface area (Å²) in [5.74, 6) is 3.46. The third-order valence-electron chi connectivity index (χ3n) is 9.20. The Morgan fingerprint density at radius 3 is 1.77 bits per heavy atom. The summed E-state index contributed by atoms with van der Waals surface area (Å²) in [7, 11) is 3.44. The number of hydrogen-bond acceptors (Lipinski definition) is 8. The highest BCUT2D eigenvalue weighted by Gasteiger charge is 2.11. The molecule has 1 unspecified atom stereocenters. The van der Waals surface area contributed by atoms with Crippen LogP contribution in [0.3, 0.4) is 0 Å². The molecule has 1 aliphatic rings. The van der Waals surface area contributed by atoms with Crippen molar-refractivity contribution in [2.24, 2.45) is 0 Å². The van der Waals surface area contributed by atoms with Gasteiger partial charge in [0.05, 0.1) is 6.10 Å². The molecule has 48 heavy (non-hydrogen) atoms. The summed E-state index contributed by atoms with van der Waals surface area (Å²) in [6, 6.07) is 0. The summed E-state index contributed by atoms with van der Waals surface area (Å²) in [6.45, 7) is 11.5. The van der Waals surface area contributed by atoms with E-state index >= 15 is 0 Å². The standard InChI is InChI=1S/C30H59NO4S.C9H16N2O/c1-33-30(34-2)22-20-18-16-14-12-10-8-6-4-3-5-7-9-11-13-15-17-19-21-29(32)35-26-23-31-24-27-36-28-25-31;1-4-12-8(2)7-11-6-5-10-9(11)3/h30H,3-28H2,1-2H3;5-6,8H,4,7H2,1-3H3. The lowest BCUT2D eigenvalue weighted by molar-refractivity contribution is -0.144. The molecule has 1 aliphatic heterocycles. The topological polar surface area (TPSA) is 75.0 Å². The van der Waals surface area contributed by atoms with Crippen LogP contribution in [0.1, 0.15) is 148 Å². The third-order valence-corrected chi connectivity index (χ3v) is 10.1. The number of rotatable bonds is 30. The van der Waals surface area contributed by atoms with Crippen LogP contribution < -0.4 is 0 Å². The van der Waals surface area contributed by atoms with Crippen molar-refractivity contribution < 1.29 is 23.7 Å². The molecule has 9 heteroatoms. The predicted molar refractivity (Wildman–Crippen MR) is 203 cm³/mol. The van der Waals surface area contributed by atoms with Crippen LogP contribution in [0.25, 0.3) is 0 Å². The van der Waals surface area contributed by atoms with Gasteiger partial charge in [-0.2, -0.15) is 11.8 Å². The first kappa shape index (κ1) is 44.9. The van der Waals surface area contributed by atoms with E-state index in [-0.39, 0.29) is 18.4 Å². The van der Waals surface area contributed by atoms with E-state index < -0.39 is 0 Å². The third kappa shape index (κ3) is 26.7. The van der Waals surface area contributed by atoms with E-state index in [1.807, 2.05) is 38.0 Å². The van der Waals surface area contributed by atoms with Gasteiger partial charge in [-0.1, -0.05) is 103 Å². The average molecular weight is 698 g/mol. The fraction of sp³-hybridized carbons (Fsp3) is 0.897. The lowest BCUT2D eigenvalue weighted by atomic mass is 10.0. The van der Waals surface area contributed by atoms with Crippen molar-refractivity contribution in [1.82, 2.24) is 14.5 Å². The Hall–Kier alpha value is -1.13. The van der Waals surface area contributed by atoms with Crippen molar-refractivity contribution in [2.45, 2.75) is 168 Å². The number of esters is 1. The Morgan fingerprint density at radius 1 is 0.812 bits per heavy atom. The summed E-state index contributed by atoms with van der Waals surface area (Å²) >= 11 is 2.02. The molecular weight excluding hydrogens is 623 g/mol. The van der Waals surface area contributed by atoms with Crippen LogP contribution >= 0.6 is 11.8 Å². The number of carbonyl (C=O) groups is 1. The Morgan fingerprint density at radius 2 is 1.31 bits per heavy atom. The first-order valence-electron chi connectivity index (χ1n) is 19.6. The largest absolute Gasteiger partial charge is 0.464 e. The Bertz CT molecular complexity index is 832. The minimum Gasteiger partial charge on any atom is -0.464 e. The molecule has 0 spiro atoms. The molecule has 0 aliphatic carbocycles. The number of aryl methyl sites for hydroxylation is 1. The zero-order valence-corrected chi connectivity index (χ0v) is 32.7. The lowest BCUT2D eigenvalue weighted by Gasteiger charge is -2.25. The van der Waals surface area contributed by atoms with Crippen LogP contribution in [0, 0.1) is 6.92 Å². The average Bonchev–Trinajstić information content (AvgIpc) is 3.49. The van der Waals surface area contributed by atoms with Crippen molar-refractivity contribution >= 4 is 17.7 Å². The Labute approximate surface area is 300 Å². The van der Waals surface area contributed by atoms with Gasteiger partial charge in [0.1, 0.15) is 12.4 Å². The molecule has 0 saturated carbocycles. The van der Waals surface area contributed by atoms with Crippen LogP contribution in [-0.2, 0) is 30.3 Å². The lowest BCUT2D eigenvalue weighted by Crippen LogP contribution is -2.35. The predicted octanol–water partition coefficient (Wildman–Crippen LogP) is 9.62. The van der Waals surface area contributed by atoms with Gasteiger partial charge in [0.25, 0.3) is 0 Å². The van der Waals surface area contributed by atoms with E-state index in [2.05, 4.69) is 21.4 Å². The fourth-order valence-corrected chi connectivity index (χ4v) is 7.12. The molecule has 2 heterocycles. The van der Waals surface area contributed by atoms with Crippen molar-refractivity contribution in [3.05, 3.63) is 18.2 Å². The normalized spacial score (nSPS) is 14.2. The highest BCUT2D eigenvalue weighted by Crippen LogP contribution is 2.16. The SMILES string of the molecule is CCOC(C)Cn1ccnc1C.COC(CCCCCCCCCCCCCCCCCCCCC(=O)OCCN1CCSCC1)OC. The number of imidazole rings is 1. The van der Waals surface area contributed by atoms with E-state index in [1.165, 1.54) is 121 Å². The summed E-state index contributed by atoms with van der Waals surface area (Å²) in [6.07, 6.45) is 29.7. The van der Waals surface area contributed by atoms with E-state index in [1.54, 1.807) is 14.2 Å². The van der Waals surface area contributed by atoms with Gasteiger partial charge in [0.2, 0.25) is 0 Å². The number of hydrogen-bond donors (Lipinski definition) is 0. The van der Waals surface area contributed by atoms with Gasteiger partial charge in [-0.25, -0.2) is 4.98 Å². The molecule has 1 saturated heterocycles. The molecule has 0 bridgehead atoms. The van der Waals surface area contributed by atoms with Crippen LogP contribution in [0.5, 0.6) is 0 Å². The van der Waals surface area contributed by atoms with Gasteiger partial charge in [-0.15, -0.1) is 0 Å². The summed E-state index contributed by atoms with van der Waals surface area (Å²) in [5.41, 5.74) is 0. The Kier molecular flexibility index (Phi) is 30.9. The van der Waals surface area contributed by atoms with Crippen molar-refractivity contribution in [3.8, 4) is 0 Å². The number of thioether (sulfide) groups is 1. The second kappa shape index (κ2) is 33.0. The molecule has 282 valence electrons. The molecule has 0 amide bonds. The second-order valence-electron chi connectivity index (χ2n) is 13.4. The van der Waals surface area contributed by atoms with E-state index in [0.29, 0.717) is 13.0 Å². The quantitative estimate of drug-likeness (QED) is 0.0447. The number of carbonyl (C=O) groups excluding carboxylic acids is 1. The van der Waals surface area contributed by atoms with E-state index in [0.717, 1.165) is 51.5 Å². The van der Waals surface area contributed by atoms with E-state index in [9.17, 15) is 4.79 Å². The first-order valence-corrected chi connectivity index (χ1v) is 20.8. The first-order chi connectivity index (χ1) is 23.5. The molecule has 8 nitrogen and oxygen atoms in total. The maximum absolute atomic E-state index is 11.9. The second-order valence-corrected chi connectivity index (χ2v) is 14.6. The maximum atomic E-state index is 11.9. The fourth-order valence-electron chi connectivity index (χ4n) is 6.14. The van der Waals surface area contributed by atoms with Gasteiger partial charge in [0.15, 0.2) is 6.29 Å². The minimum absolute atomic E-state index is 0.00360. The molecule has 0 aromatic carbocycles. The molecule has 1 atom stereocenters. The molecule has 0 N–H and O–H groups in total. The van der Waals surface area contributed by atoms with Crippen molar-refractivity contribution in [1.29, 1.82) is 0 Å². The number of nitrogens with zero attached hydrogens (tertiary/aromatic N) is 3. The zero-order chi connectivity index (χ0) is 34.9. The monoisotopic (exact) mass is 698 g/mol. The van der Waals surface area contributed by atoms with Crippen molar-refractivity contribution in [3.63, 3.8) is 0 Å². The zero-order valence-electron chi connectivity index (χ0n) is 31.9. The smallest absolute Gasteiger partial charge is 0.305 e. The van der Waals surface area contributed by atoms with Gasteiger partial charge in [-0.05, 0) is 40.0 Å². The van der Waals surface area contributed by atoms with Crippen LogP contribution in [0.15, 0.2) is 12.4 Å². The van der Waals surface area contributed by atoms with Crippen LogP contribution in [0.2, 0.25) is 0 Å². The van der Waals surface area contributed by atoms with Gasteiger partial charge in [-0.3, -0.25) is 9.69 Å². The number of unbranched alkanes of at least 4 members (excludes halogenated alkanes) is 17. The number of methoxy groups -OCH3 is 2. The van der Waals surface area contributed by atoms with Gasteiger partial charge >= 0.3 is 5.97 Å². The van der Waals surface area contributed by atoms with Crippen LogP contribution in [-0.4, -0.2) is 91.4 Å². The maximum Gasteiger partial charge on any atom is 0.305 e. The Balaban J connectivity index is 0.000000800. The number of ether oxygens (including phenoxy) is 4. The number of aromatic nitrogens is 2. The van der Waals surface area contributed by atoms with Gasteiger partial charge in [0, 0.05) is 77.3 Å². The molecule has 1 fully saturated rings. The van der Waals surface area contributed by atoms with E-state index in [4.69, 9.17) is 18.9 Å².